The van der Waals surface area contributed by atoms with Gasteiger partial charge in [0.05, 0.1) is 17.1 Å². The molecule has 2 unspecified atom stereocenters. The minimum Gasteiger partial charge on any atom is -0.302 e. The number of aromatic nitrogens is 4. The van der Waals surface area contributed by atoms with Crippen LogP contribution < -0.4 is 4.90 Å². The van der Waals surface area contributed by atoms with Crippen LogP contribution in [0, 0.1) is 0 Å². The first-order valence-electron chi connectivity index (χ1n) is 13.0. The molecule has 0 bridgehead atoms. The average Bonchev–Trinajstić information content (AvgIpc) is 3.50. The first kappa shape index (κ1) is 22.3. The molecule has 2 aliphatic rings. The second-order valence-electron chi connectivity index (χ2n) is 9.85. The predicted molar refractivity (Wildman–Crippen MR) is 158 cm³/mol. The number of hydrogen-bond acceptors (Lipinski definition) is 4. The van der Waals surface area contributed by atoms with E-state index in [4.69, 9.17) is 26.6 Å². The molecule has 5 nitrogen and oxygen atoms in total. The highest BCUT2D eigenvalue weighted by atomic mass is 35.5. The van der Waals surface area contributed by atoms with Gasteiger partial charge in [-0.2, -0.15) is 15.0 Å². The van der Waals surface area contributed by atoms with E-state index in [0.29, 0.717) is 22.7 Å². The predicted octanol–water partition coefficient (Wildman–Crippen LogP) is 8.02. The topological polar surface area (TPSA) is 46.8 Å². The number of halogens is 1. The Morgan fingerprint density at radius 1 is 0.641 bits per heavy atom. The lowest BCUT2D eigenvalue weighted by molar-refractivity contribution is 0.725. The summed E-state index contributed by atoms with van der Waals surface area (Å²) in [5.74, 6) is 1.99. The summed E-state index contributed by atoms with van der Waals surface area (Å²) < 4.78 is 2.14. The summed E-state index contributed by atoms with van der Waals surface area (Å²) in [5, 5.41) is 2.96. The largest absolute Gasteiger partial charge is 0.302 e. The molecule has 3 heterocycles. The van der Waals surface area contributed by atoms with Crippen LogP contribution in [0.2, 0.25) is 5.02 Å². The Morgan fingerprint density at radius 2 is 1.33 bits per heavy atom. The average molecular weight is 524 g/mol. The molecule has 0 saturated heterocycles. The third kappa shape index (κ3) is 3.44. The van der Waals surface area contributed by atoms with E-state index in [9.17, 15) is 0 Å². The van der Waals surface area contributed by atoms with Gasteiger partial charge in [-0.15, -0.1) is 0 Å². The zero-order valence-electron chi connectivity index (χ0n) is 20.8. The maximum absolute atomic E-state index is 6.41. The number of rotatable bonds is 3. The molecule has 0 fully saturated rings. The van der Waals surface area contributed by atoms with Gasteiger partial charge in [-0.3, -0.25) is 4.57 Å². The fourth-order valence-electron chi connectivity index (χ4n) is 5.98. The van der Waals surface area contributed by atoms with Crippen molar-refractivity contribution in [2.45, 2.75) is 12.0 Å². The highest BCUT2D eigenvalue weighted by molar-refractivity contribution is 6.30. The van der Waals surface area contributed by atoms with Crippen LogP contribution in [0.5, 0.6) is 0 Å². The van der Waals surface area contributed by atoms with E-state index in [2.05, 4.69) is 107 Å². The van der Waals surface area contributed by atoms with E-state index in [1.54, 1.807) is 0 Å². The highest BCUT2D eigenvalue weighted by Gasteiger charge is 2.39. The molecule has 1 aliphatic carbocycles. The smallest absolute Gasteiger partial charge is 0.240 e. The molecule has 1 aliphatic heterocycles. The Balaban J connectivity index is 1.43. The van der Waals surface area contributed by atoms with Gasteiger partial charge in [-0.1, -0.05) is 103 Å². The summed E-state index contributed by atoms with van der Waals surface area (Å²) in [4.78, 5) is 17.5. The summed E-state index contributed by atoms with van der Waals surface area (Å²) in [6.45, 7) is 0. The second kappa shape index (κ2) is 8.65. The van der Waals surface area contributed by atoms with E-state index >= 15 is 0 Å². The van der Waals surface area contributed by atoms with Crippen molar-refractivity contribution in [1.82, 2.24) is 19.5 Å². The molecule has 0 spiro atoms. The Labute approximate surface area is 230 Å². The number of hydrogen-bond donors (Lipinski definition) is 0. The standard InChI is InChI=1S/C33H22ClN5/c34-22-11-9-10-21(20-22)31-35-32(38-27-16-5-1-12-23(27)24-13-2-6-17-28(24)38)37-33(36-31)39-29-18-7-3-14-25(29)26-15-4-8-19-30(26)39/h1-20,23,27H. The van der Waals surface area contributed by atoms with Crippen molar-refractivity contribution in [2.75, 3.05) is 4.90 Å². The van der Waals surface area contributed by atoms with Gasteiger partial charge in [-0.25, -0.2) is 0 Å². The van der Waals surface area contributed by atoms with Crippen LogP contribution in [0.4, 0.5) is 11.6 Å². The van der Waals surface area contributed by atoms with Crippen molar-refractivity contribution in [1.29, 1.82) is 0 Å². The number of nitrogens with zero attached hydrogens (tertiary/aromatic N) is 5. The molecule has 0 saturated carbocycles. The molecule has 6 aromatic rings. The molecule has 0 amide bonds. The Hall–Kier alpha value is -4.74. The van der Waals surface area contributed by atoms with Gasteiger partial charge in [-0.05, 0) is 35.9 Å². The van der Waals surface area contributed by atoms with Gasteiger partial charge >= 0.3 is 0 Å². The summed E-state index contributed by atoms with van der Waals surface area (Å²) in [7, 11) is 0. The molecular weight excluding hydrogens is 502 g/mol. The molecule has 0 radical (unpaired) electrons. The van der Waals surface area contributed by atoms with Gasteiger partial charge in [0.1, 0.15) is 0 Å². The van der Waals surface area contributed by atoms with Crippen molar-refractivity contribution in [3.8, 4) is 17.3 Å². The van der Waals surface area contributed by atoms with E-state index in [-0.39, 0.29) is 12.0 Å². The number of para-hydroxylation sites is 3. The van der Waals surface area contributed by atoms with Gasteiger partial charge in [0.25, 0.3) is 0 Å². The van der Waals surface area contributed by atoms with E-state index in [1.807, 2.05) is 24.3 Å². The van der Waals surface area contributed by atoms with Gasteiger partial charge in [0, 0.05) is 33.0 Å². The van der Waals surface area contributed by atoms with Crippen LogP contribution in [0.1, 0.15) is 11.5 Å². The highest BCUT2D eigenvalue weighted by Crippen LogP contribution is 2.47. The zero-order valence-corrected chi connectivity index (χ0v) is 21.6. The maximum Gasteiger partial charge on any atom is 0.240 e. The van der Waals surface area contributed by atoms with Crippen LogP contribution in [0.15, 0.2) is 121 Å². The first-order valence-corrected chi connectivity index (χ1v) is 13.4. The third-order valence-electron chi connectivity index (χ3n) is 7.65. The molecule has 39 heavy (non-hydrogen) atoms. The van der Waals surface area contributed by atoms with Gasteiger partial charge in [0.15, 0.2) is 5.82 Å². The molecule has 4 aromatic carbocycles. The lowest BCUT2D eigenvalue weighted by Crippen LogP contribution is -2.30. The molecule has 186 valence electrons. The fraction of sp³-hybridized carbons (Fsp3) is 0.0606. The summed E-state index contributed by atoms with van der Waals surface area (Å²) in [5.41, 5.74) is 5.32. The molecule has 6 heteroatoms. The quantitative estimate of drug-likeness (QED) is 0.235. The zero-order chi connectivity index (χ0) is 25.9. The monoisotopic (exact) mass is 523 g/mol. The second-order valence-corrected chi connectivity index (χ2v) is 10.3. The number of benzene rings is 4. The molecule has 2 aromatic heterocycles. The molecule has 8 rings (SSSR count). The molecule has 2 atom stereocenters. The summed E-state index contributed by atoms with van der Waals surface area (Å²) in [6, 6.07) is 33.1. The Morgan fingerprint density at radius 3 is 2.13 bits per heavy atom. The number of fused-ring (bicyclic) bond motifs is 6. The van der Waals surface area contributed by atoms with Gasteiger partial charge < -0.3 is 4.90 Å². The van der Waals surface area contributed by atoms with E-state index in [1.165, 1.54) is 5.56 Å². The lowest BCUT2D eigenvalue weighted by Gasteiger charge is -2.27. The number of anilines is 2. The van der Waals surface area contributed by atoms with Gasteiger partial charge in [0.2, 0.25) is 11.9 Å². The van der Waals surface area contributed by atoms with Crippen molar-refractivity contribution in [2.24, 2.45) is 0 Å². The van der Waals surface area contributed by atoms with Crippen LogP contribution in [0.25, 0.3) is 39.1 Å². The number of allylic oxidation sites excluding steroid dienone is 2. The third-order valence-corrected chi connectivity index (χ3v) is 7.88. The van der Waals surface area contributed by atoms with Crippen LogP contribution in [-0.4, -0.2) is 25.6 Å². The Bertz CT molecular complexity index is 1920. The van der Waals surface area contributed by atoms with Crippen molar-refractivity contribution in [3.63, 3.8) is 0 Å². The fourth-order valence-corrected chi connectivity index (χ4v) is 6.17. The first-order chi connectivity index (χ1) is 19.3. The maximum atomic E-state index is 6.41. The summed E-state index contributed by atoms with van der Waals surface area (Å²) in [6.07, 6.45) is 8.72. The minimum absolute atomic E-state index is 0.0769. The van der Waals surface area contributed by atoms with Crippen molar-refractivity contribution >= 4 is 45.0 Å². The minimum atomic E-state index is 0.0769. The SMILES string of the molecule is Clc1cccc(-c2nc(N3c4ccccc4C4C=CC=CC43)nc(-n3c4ccccc4c4ccccc43)n2)c1. The van der Waals surface area contributed by atoms with E-state index in [0.717, 1.165) is 33.1 Å². The van der Waals surface area contributed by atoms with Crippen LogP contribution >= 0.6 is 11.6 Å². The van der Waals surface area contributed by atoms with Crippen LogP contribution in [0.3, 0.4) is 0 Å². The molecular formula is C33H22ClN5. The molecule has 0 N–H and O–H groups in total. The normalized spacial score (nSPS) is 17.6. The Kier molecular flexibility index (Phi) is 4.94. The van der Waals surface area contributed by atoms with Crippen LogP contribution in [-0.2, 0) is 0 Å². The van der Waals surface area contributed by atoms with E-state index < -0.39 is 0 Å². The summed E-state index contributed by atoms with van der Waals surface area (Å²) >= 11 is 6.41. The van der Waals surface area contributed by atoms with Crippen molar-refractivity contribution in [3.05, 3.63) is 132 Å². The lowest BCUT2D eigenvalue weighted by atomic mass is 9.92. The van der Waals surface area contributed by atoms with Crippen molar-refractivity contribution < 1.29 is 0 Å².